The highest BCUT2D eigenvalue weighted by atomic mass is 35.5. The monoisotopic (exact) mass is 296 g/mol. The number of rotatable bonds is 6. The van der Waals surface area contributed by atoms with Crippen LogP contribution in [0.5, 0.6) is 0 Å². The maximum absolute atomic E-state index is 12.2. The van der Waals surface area contributed by atoms with Gasteiger partial charge in [-0.15, -0.1) is 11.6 Å². The van der Waals surface area contributed by atoms with Crippen molar-refractivity contribution in [1.29, 1.82) is 0 Å². The first-order valence-electron chi connectivity index (χ1n) is 7.01. The molecule has 1 aliphatic heterocycles. The molecule has 2 unspecified atom stereocenters. The molecule has 1 aromatic rings. The van der Waals surface area contributed by atoms with Gasteiger partial charge in [0, 0.05) is 19.3 Å². The summed E-state index contributed by atoms with van der Waals surface area (Å²) in [7, 11) is 0. The standard InChI is InChI=1S/C15H21ClN2O2/c1-4-20-10-9-18-14(19)13(16)15(18,11(2)3)12-7-5-6-8-17-12/h5-8,11,13H,4,9-10H2,1-3H3. The van der Waals surface area contributed by atoms with Crippen molar-refractivity contribution >= 4 is 17.5 Å². The van der Waals surface area contributed by atoms with E-state index in [1.807, 2.05) is 30.0 Å². The van der Waals surface area contributed by atoms with Gasteiger partial charge in [0.2, 0.25) is 5.91 Å². The highest BCUT2D eigenvalue weighted by Crippen LogP contribution is 2.49. The van der Waals surface area contributed by atoms with E-state index in [1.54, 1.807) is 6.20 Å². The molecule has 2 atom stereocenters. The third kappa shape index (κ3) is 2.21. The van der Waals surface area contributed by atoms with Crippen LogP contribution in [0.15, 0.2) is 24.4 Å². The Morgan fingerprint density at radius 3 is 2.80 bits per heavy atom. The lowest BCUT2D eigenvalue weighted by Gasteiger charge is -2.57. The van der Waals surface area contributed by atoms with E-state index in [0.717, 1.165) is 5.69 Å². The van der Waals surface area contributed by atoms with Crippen LogP contribution < -0.4 is 0 Å². The Balaban J connectivity index is 2.32. The van der Waals surface area contributed by atoms with Gasteiger partial charge in [0.1, 0.15) is 10.9 Å². The summed E-state index contributed by atoms with van der Waals surface area (Å²) in [4.78, 5) is 18.4. The first kappa shape index (κ1) is 15.3. The maximum Gasteiger partial charge on any atom is 0.244 e. The number of hydrogen-bond acceptors (Lipinski definition) is 3. The topological polar surface area (TPSA) is 42.4 Å². The number of nitrogens with zero attached hydrogens (tertiary/aromatic N) is 2. The van der Waals surface area contributed by atoms with Gasteiger partial charge in [-0.3, -0.25) is 9.78 Å². The van der Waals surface area contributed by atoms with Crippen LogP contribution in [0.3, 0.4) is 0 Å². The van der Waals surface area contributed by atoms with E-state index in [4.69, 9.17) is 16.3 Å². The van der Waals surface area contributed by atoms with E-state index in [0.29, 0.717) is 19.8 Å². The van der Waals surface area contributed by atoms with Gasteiger partial charge in [-0.05, 0) is 25.0 Å². The van der Waals surface area contributed by atoms with E-state index in [-0.39, 0.29) is 11.8 Å². The number of likely N-dealkylation sites (tertiary alicyclic amines) is 1. The van der Waals surface area contributed by atoms with Crippen molar-refractivity contribution in [2.24, 2.45) is 5.92 Å². The highest BCUT2D eigenvalue weighted by molar-refractivity contribution is 6.34. The zero-order valence-corrected chi connectivity index (χ0v) is 12.9. The quantitative estimate of drug-likeness (QED) is 0.460. The molecule has 4 nitrogen and oxygen atoms in total. The predicted octanol–water partition coefficient (Wildman–Crippen LogP) is 2.42. The van der Waals surface area contributed by atoms with Gasteiger partial charge in [-0.2, -0.15) is 0 Å². The fourth-order valence-electron chi connectivity index (χ4n) is 2.94. The largest absolute Gasteiger partial charge is 0.380 e. The molecule has 110 valence electrons. The second kappa shape index (κ2) is 6.10. The molecule has 1 fully saturated rings. The first-order chi connectivity index (χ1) is 9.56. The summed E-state index contributed by atoms with van der Waals surface area (Å²) in [5.41, 5.74) is 0.322. The number of carbonyl (C=O) groups excluding carboxylic acids is 1. The summed E-state index contributed by atoms with van der Waals surface area (Å²) in [5.74, 6) is 0.143. The van der Waals surface area contributed by atoms with Gasteiger partial charge in [0.15, 0.2) is 0 Å². The summed E-state index contributed by atoms with van der Waals surface area (Å²) in [5, 5.41) is -0.556. The maximum atomic E-state index is 12.2. The summed E-state index contributed by atoms with van der Waals surface area (Å²) in [6.45, 7) is 7.80. The van der Waals surface area contributed by atoms with E-state index in [1.165, 1.54) is 0 Å². The third-order valence-electron chi connectivity index (χ3n) is 3.93. The lowest BCUT2D eigenvalue weighted by Crippen LogP contribution is -2.73. The number of aromatic nitrogens is 1. The smallest absolute Gasteiger partial charge is 0.244 e. The van der Waals surface area contributed by atoms with Crippen LogP contribution in [-0.4, -0.2) is 40.9 Å². The number of β-lactam (4-membered cyclic amide) rings is 1. The van der Waals surface area contributed by atoms with Crippen molar-refractivity contribution in [1.82, 2.24) is 9.88 Å². The van der Waals surface area contributed by atoms with E-state index in [9.17, 15) is 4.79 Å². The van der Waals surface area contributed by atoms with Gasteiger partial charge < -0.3 is 9.64 Å². The van der Waals surface area contributed by atoms with Crippen molar-refractivity contribution in [3.63, 3.8) is 0 Å². The Bertz CT molecular complexity index is 466. The predicted molar refractivity (Wildman–Crippen MR) is 78.6 cm³/mol. The Hall–Kier alpha value is -1.13. The lowest BCUT2D eigenvalue weighted by atomic mass is 9.71. The molecule has 0 saturated carbocycles. The molecular formula is C15H21ClN2O2. The molecule has 0 aromatic carbocycles. The van der Waals surface area contributed by atoms with Crippen LogP contribution in [-0.2, 0) is 15.1 Å². The molecule has 5 heteroatoms. The molecule has 20 heavy (non-hydrogen) atoms. The minimum atomic E-state index is -0.556. The van der Waals surface area contributed by atoms with Crippen LogP contribution >= 0.6 is 11.6 Å². The molecule has 1 aromatic heterocycles. The Kier molecular flexibility index (Phi) is 4.66. The number of alkyl halides is 1. The molecule has 0 bridgehead atoms. The van der Waals surface area contributed by atoms with Crippen molar-refractivity contribution in [2.45, 2.75) is 31.7 Å². The lowest BCUT2D eigenvalue weighted by molar-refractivity contribution is -0.164. The normalized spacial score (nSPS) is 25.9. The fraction of sp³-hybridized carbons (Fsp3) is 0.600. The first-order valence-corrected chi connectivity index (χ1v) is 7.45. The molecular weight excluding hydrogens is 276 g/mol. The second-order valence-corrected chi connectivity index (χ2v) is 5.68. The number of amides is 1. The van der Waals surface area contributed by atoms with Crippen molar-refractivity contribution in [2.75, 3.05) is 19.8 Å². The second-order valence-electron chi connectivity index (χ2n) is 5.24. The molecule has 2 heterocycles. The molecule has 1 amide bonds. The SMILES string of the molecule is CCOCCN1C(=O)C(Cl)C1(c1ccccn1)C(C)C. The Morgan fingerprint density at radius 1 is 1.50 bits per heavy atom. The highest BCUT2D eigenvalue weighted by Gasteiger charge is 2.62. The van der Waals surface area contributed by atoms with Crippen LogP contribution in [0.25, 0.3) is 0 Å². The zero-order valence-electron chi connectivity index (χ0n) is 12.2. The summed E-state index contributed by atoms with van der Waals surface area (Å²) >= 11 is 6.39. The molecule has 0 aliphatic carbocycles. The minimum Gasteiger partial charge on any atom is -0.380 e. The Labute approximate surface area is 125 Å². The number of hydrogen-bond donors (Lipinski definition) is 0. The van der Waals surface area contributed by atoms with Gasteiger partial charge in [-0.25, -0.2) is 0 Å². The van der Waals surface area contributed by atoms with Crippen LogP contribution in [0.4, 0.5) is 0 Å². The van der Waals surface area contributed by atoms with Crippen LogP contribution in [0, 0.1) is 5.92 Å². The number of halogens is 1. The van der Waals surface area contributed by atoms with E-state index in [2.05, 4.69) is 18.8 Å². The number of ether oxygens (including phenoxy) is 1. The van der Waals surface area contributed by atoms with Crippen LogP contribution in [0.2, 0.25) is 0 Å². The molecule has 1 saturated heterocycles. The number of carbonyl (C=O) groups is 1. The van der Waals surface area contributed by atoms with Gasteiger partial charge in [0.25, 0.3) is 0 Å². The molecule has 0 N–H and O–H groups in total. The number of pyridine rings is 1. The molecule has 0 radical (unpaired) electrons. The van der Waals surface area contributed by atoms with Gasteiger partial charge in [-0.1, -0.05) is 19.9 Å². The van der Waals surface area contributed by atoms with Crippen LogP contribution in [0.1, 0.15) is 26.5 Å². The van der Waals surface area contributed by atoms with Crippen molar-refractivity contribution in [3.8, 4) is 0 Å². The zero-order chi connectivity index (χ0) is 14.8. The Morgan fingerprint density at radius 2 is 2.25 bits per heavy atom. The summed E-state index contributed by atoms with van der Waals surface area (Å²) in [6.07, 6.45) is 1.74. The molecule has 0 spiro atoms. The summed E-state index contributed by atoms with van der Waals surface area (Å²) in [6, 6.07) is 5.74. The van der Waals surface area contributed by atoms with Gasteiger partial charge in [0.05, 0.1) is 12.3 Å². The van der Waals surface area contributed by atoms with Crippen molar-refractivity contribution < 1.29 is 9.53 Å². The molecule has 1 aliphatic rings. The molecule has 2 rings (SSSR count). The third-order valence-corrected chi connectivity index (χ3v) is 4.45. The average Bonchev–Trinajstić information content (AvgIpc) is 2.46. The van der Waals surface area contributed by atoms with E-state index < -0.39 is 10.9 Å². The fourth-order valence-corrected chi connectivity index (χ4v) is 3.54. The minimum absolute atomic E-state index is 0.0364. The van der Waals surface area contributed by atoms with Crippen molar-refractivity contribution in [3.05, 3.63) is 30.1 Å². The summed E-state index contributed by atoms with van der Waals surface area (Å²) < 4.78 is 5.38. The average molecular weight is 297 g/mol. The van der Waals surface area contributed by atoms with Gasteiger partial charge >= 0.3 is 0 Å². The van der Waals surface area contributed by atoms with E-state index >= 15 is 0 Å².